The normalized spacial score (nSPS) is 14.3. The number of guanidine groups is 1. The summed E-state index contributed by atoms with van der Waals surface area (Å²) in [6.07, 6.45) is 3.25. The largest absolute Gasteiger partial charge is 0.379 e. The number of rotatable bonds is 9. The van der Waals surface area contributed by atoms with Gasteiger partial charge in [-0.1, -0.05) is 18.2 Å². The molecule has 2 rings (SSSR count). The maximum absolute atomic E-state index is 13.5. The smallest absolute Gasteiger partial charge is 0.191 e. The molecule has 0 aliphatic heterocycles. The quantitative estimate of drug-likeness (QED) is 0.272. The Morgan fingerprint density at radius 1 is 1.30 bits per heavy atom. The number of halogens is 2. The third-order valence-electron chi connectivity index (χ3n) is 3.54. The Labute approximate surface area is 155 Å². The van der Waals surface area contributed by atoms with Gasteiger partial charge in [0.25, 0.3) is 0 Å². The number of ether oxygens (including phenoxy) is 1. The number of aliphatic imine (C=N–C) groups is 1. The number of hydrogen-bond acceptors (Lipinski definition) is 2. The fourth-order valence-corrected chi connectivity index (χ4v) is 2.11. The average Bonchev–Trinajstić information content (AvgIpc) is 3.33. The van der Waals surface area contributed by atoms with E-state index in [4.69, 9.17) is 4.74 Å². The minimum atomic E-state index is -0.153. The summed E-state index contributed by atoms with van der Waals surface area (Å²) in [6.45, 7) is 5.64. The fourth-order valence-electron chi connectivity index (χ4n) is 2.11. The third-order valence-corrected chi connectivity index (χ3v) is 3.54. The first-order valence-electron chi connectivity index (χ1n) is 8.13. The zero-order valence-electron chi connectivity index (χ0n) is 13.7. The fraction of sp³-hybridized carbons (Fsp3) is 0.588. The van der Waals surface area contributed by atoms with Crippen LogP contribution in [0.4, 0.5) is 4.39 Å². The summed E-state index contributed by atoms with van der Waals surface area (Å²) < 4.78 is 19.1. The second-order valence-corrected chi connectivity index (χ2v) is 5.55. The second kappa shape index (κ2) is 11.6. The molecule has 1 fully saturated rings. The first-order chi connectivity index (χ1) is 10.8. The molecule has 1 aliphatic carbocycles. The molecule has 0 bridgehead atoms. The van der Waals surface area contributed by atoms with Crippen LogP contribution in [0.1, 0.15) is 25.3 Å². The minimum Gasteiger partial charge on any atom is -0.379 e. The standard InChI is InChI=1S/C17H26FN3O.HI/c1-2-19-17(21-11-12-22-13-14-7-8-14)20-10-9-15-5-3-4-6-16(15)18;/h3-6,14H,2,7-13H2,1H3,(H2,19,20,21);1H. The van der Waals surface area contributed by atoms with E-state index in [0.29, 0.717) is 26.1 Å². The van der Waals surface area contributed by atoms with Crippen molar-refractivity contribution in [1.82, 2.24) is 10.6 Å². The molecule has 0 saturated heterocycles. The first kappa shape index (κ1) is 20.2. The third kappa shape index (κ3) is 8.50. The maximum Gasteiger partial charge on any atom is 0.191 e. The first-order valence-corrected chi connectivity index (χ1v) is 8.13. The highest BCUT2D eigenvalue weighted by atomic mass is 127. The molecule has 0 aromatic heterocycles. The van der Waals surface area contributed by atoms with Crippen LogP contribution < -0.4 is 10.6 Å². The van der Waals surface area contributed by atoms with Crippen molar-refractivity contribution in [3.63, 3.8) is 0 Å². The molecule has 0 spiro atoms. The lowest BCUT2D eigenvalue weighted by molar-refractivity contribution is 0.131. The van der Waals surface area contributed by atoms with Crippen LogP contribution in [-0.4, -0.2) is 38.8 Å². The van der Waals surface area contributed by atoms with Gasteiger partial charge < -0.3 is 15.4 Å². The van der Waals surface area contributed by atoms with Crippen molar-refractivity contribution in [2.75, 3.05) is 32.8 Å². The lowest BCUT2D eigenvalue weighted by Crippen LogP contribution is -2.38. The molecule has 1 aliphatic rings. The summed E-state index contributed by atoms with van der Waals surface area (Å²) in [7, 11) is 0. The zero-order chi connectivity index (χ0) is 15.6. The van der Waals surface area contributed by atoms with Crippen molar-refractivity contribution in [3.05, 3.63) is 35.6 Å². The molecule has 0 amide bonds. The average molecular weight is 435 g/mol. The Kier molecular flexibility index (Phi) is 10.2. The number of benzene rings is 1. The van der Waals surface area contributed by atoms with Crippen LogP contribution in [0.2, 0.25) is 0 Å². The van der Waals surface area contributed by atoms with E-state index < -0.39 is 0 Å². The van der Waals surface area contributed by atoms with Gasteiger partial charge in [-0.3, -0.25) is 4.99 Å². The van der Waals surface area contributed by atoms with E-state index in [2.05, 4.69) is 15.6 Å². The monoisotopic (exact) mass is 435 g/mol. The van der Waals surface area contributed by atoms with Gasteiger partial charge in [0, 0.05) is 19.7 Å². The van der Waals surface area contributed by atoms with Crippen molar-refractivity contribution in [2.45, 2.75) is 26.2 Å². The van der Waals surface area contributed by atoms with Crippen LogP contribution >= 0.6 is 24.0 Å². The van der Waals surface area contributed by atoms with E-state index in [0.717, 1.165) is 30.6 Å². The van der Waals surface area contributed by atoms with Crippen LogP contribution in [0, 0.1) is 11.7 Å². The predicted molar refractivity (Wildman–Crippen MR) is 103 cm³/mol. The summed E-state index contributed by atoms with van der Waals surface area (Å²) in [5.74, 6) is 1.39. The summed E-state index contributed by atoms with van der Waals surface area (Å²) in [6, 6.07) is 6.87. The number of hydrogen-bond donors (Lipinski definition) is 2. The van der Waals surface area contributed by atoms with Gasteiger partial charge in [0.15, 0.2) is 5.96 Å². The molecular formula is C17H27FIN3O. The molecule has 0 unspecified atom stereocenters. The lowest BCUT2D eigenvalue weighted by atomic mass is 10.1. The van der Waals surface area contributed by atoms with E-state index in [1.54, 1.807) is 6.07 Å². The Hall–Kier alpha value is -0.890. The van der Waals surface area contributed by atoms with Crippen LogP contribution in [0.3, 0.4) is 0 Å². The molecule has 6 heteroatoms. The van der Waals surface area contributed by atoms with Gasteiger partial charge in [0.1, 0.15) is 5.82 Å². The maximum atomic E-state index is 13.5. The van der Waals surface area contributed by atoms with Gasteiger partial charge in [-0.05, 0) is 43.7 Å². The highest BCUT2D eigenvalue weighted by Gasteiger charge is 2.20. The van der Waals surface area contributed by atoms with E-state index in [-0.39, 0.29) is 29.8 Å². The highest BCUT2D eigenvalue weighted by molar-refractivity contribution is 14.0. The van der Waals surface area contributed by atoms with Crippen molar-refractivity contribution < 1.29 is 9.13 Å². The zero-order valence-corrected chi connectivity index (χ0v) is 16.0. The van der Waals surface area contributed by atoms with Gasteiger partial charge in [-0.2, -0.15) is 0 Å². The van der Waals surface area contributed by atoms with Crippen molar-refractivity contribution >= 4 is 29.9 Å². The topological polar surface area (TPSA) is 45.7 Å². The molecule has 1 aromatic rings. The van der Waals surface area contributed by atoms with Gasteiger partial charge in [-0.15, -0.1) is 24.0 Å². The van der Waals surface area contributed by atoms with E-state index in [9.17, 15) is 4.39 Å². The summed E-state index contributed by atoms with van der Waals surface area (Å²) in [5.41, 5.74) is 0.721. The summed E-state index contributed by atoms with van der Waals surface area (Å²) in [4.78, 5) is 4.46. The van der Waals surface area contributed by atoms with Crippen molar-refractivity contribution in [2.24, 2.45) is 10.9 Å². The number of nitrogens with one attached hydrogen (secondary N) is 2. The van der Waals surface area contributed by atoms with Gasteiger partial charge in [-0.25, -0.2) is 4.39 Å². The van der Waals surface area contributed by atoms with E-state index >= 15 is 0 Å². The summed E-state index contributed by atoms with van der Waals surface area (Å²) in [5, 5.41) is 6.41. The highest BCUT2D eigenvalue weighted by Crippen LogP contribution is 2.28. The molecule has 2 N–H and O–H groups in total. The molecule has 23 heavy (non-hydrogen) atoms. The van der Waals surface area contributed by atoms with E-state index in [1.165, 1.54) is 18.9 Å². The van der Waals surface area contributed by atoms with Crippen molar-refractivity contribution in [3.8, 4) is 0 Å². The Bertz CT molecular complexity index is 481. The molecule has 130 valence electrons. The van der Waals surface area contributed by atoms with Gasteiger partial charge in [0.05, 0.1) is 13.2 Å². The molecule has 0 radical (unpaired) electrons. The number of nitrogens with zero attached hydrogens (tertiary/aromatic N) is 1. The van der Waals surface area contributed by atoms with Crippen LogP contribution in [0.25, 0.3) is 0 Å². The molecule has 1 aromatic carbocycles. The van der Waals surface area contributed by atoms with Crippen LogP contribution in [0.5, 0.6) is 0 Å². The molecule has 1 saturated carbocycles. The molecule has 0 atom stereocenters. The Morgan fingerprint density at radius 3 is 2.78 bits per heavy atom. The van der Waals surface area contributed by atoms with Gasteiger partial charge >= 0.3 is 0 Å². The van der Waals surface area contributed by atoms with Crippen molar-refractivity contribution in [1.29, 1.82) is 0 Å². The van der Waals surface area contributed by atoms with Crippen LogP contribution in [0.15, 0.2) is 29.3 Å². The SMILES string of the molecule is CCNC(=NCCOCC1CC1)NCCc1ccccc1F.I. The predicted octanol–water partition coefficient (Wildman–Crippen LogP) is 2.97. The van der Waals surface area contributed by atoms with Gasteiger partial charge in [0.2, 0.25) is 0 Å². The Balaban J connectivity index is 0.00000264. The second-order valence-electron chi connectivity index (χ2n) is 5.55. The molecule has 4 nitrogen and oxygen atoms in total. The lowest BCUT2D eigenvalue weighted by Gasteiger charge is -2.11. The molecule has 0 heterocycles. The van der Waals surface area contributed by atoms with E-state index in [1.807, 2.05) is 19.1 Å². The van der Waals surface area contributed by atoms with Crippen LogP contribution in [-0.2, 0) is 11.2 Å². The summed E-state index contributed by atoms with van der Waals surface area (Å²) >= 11 is 0. The molecular weight excluding hydrogens is 408 g/mol. The minimum absolute atomic E-state index is 0. The Morgan fingerprint density at radius 2 is 2.09 bits per heavy atom.